The summed E-state index contributed by atoms with van der Waals surface area (Å²) < 4.78 is 0. The van der Waals surface area contributed by atoms with E-state index in [1.807, 2.05) is 43.4 Å². The third-order valence-corrected chi connectivity index (χ3v) is 3.53. The lowest BCUT2D eigenvalue weighted by molar-refractivity contribution is 0.0796. The van der Waals surface area contributed by atoms with E-state index in [2.05, 4.69) is 22.0 Å². The molecule has 94 valence electrons. The highest BCUT2D eigenvalue weighted by Gasteiger charge is 2.11. The topological polar surface area (TPSA) is 20.3 Å². The molecule has 0 heterocycles. The van der Waals surface area contributed by atoms with Crippen molar-refractivity contribution >= 4 is 32.6 Å². The molecule has 0 spiro atoms. The van der Waals surface area contributed by atoms with E-state index in [1.165, 1.54) is 0 Å². The summed E-state index contributed by atoms with van der Waals surface area (Å²) in [5.41, 5.74) is 0.755. The van der Waals surface area contributed by atoms with Crippen LogP contribution in [0.1, 0.15) is 16.8 Å². The lowest BCUT2D eigenvalue weighted by atomic mass is 10.1. The van der Waals surface area contributed by atoms with Crippen molar-refractivity contribution in [3.63, 3.8) is 0 Å². The maximum Gasteiger partial charge on any atom is 0.253 e. The molecule has 18 heavy (non-hydrogen) atoms. The van der Waals surface area contributed by atoms with E-state index in [-0.39, 0.29) is 5.91 Å². The fourth-order valence-corrected chi connectivity index (χ4v) is 2.19. The van der Waals surface area contributed by atoms with Crippen LogP contribution in [0.2, 0.25) is 0 Å². The van der Waals surface area contributed by atoms with Crippen LogP contribution in [0.15, 0.2) is 42.5 Å². The summed E-state index contributed by atoms with van der Waals surface area (Å²) in [5.74, 6) is 0.0849. The quantitative estimate of drug-likeness (QED) is 0.789. The Balaban J connectivity index is 2.22. The lowest BCUT2D eigenvalue weighted by Crippen LogP contribution is -2.27. The zero-order valence-corrected chi connectivity index (χ0v) is 12.0. The predicted octanol–water partition coefficient (Wildman–Crippen LogP) is 3.70. The van der Waals surface area contributed by atoms with Crippen LogP contribution < -0.4 is 0 Å². The van der Waals surface area contributed by atoms with Crippen LogP contribution >= 0.6 is 15.9 Å². The van der Waals surface area contributed by atoms with Crippen molar-refractivity contribution in [3.8, 4) is 0 Å². The van der Waals surface area contributed by atoms with Gasteiger partial charge in [-0.1, -0.05) is 46.3 Å². The number of amides is 1. The summed E-state index contributed by atoms with van der Waals surface area (Å²) in [6.45, 7) is 0.775. The van der Waals surface area contributed by atoms with Crippen molar-refractivity contribution in [1.29, 1.82) is 0 Å². The first kappa shape index (κ1) is 13.1. The van der Waals surface area contributed by atoms with Gasteiger partial charge in [-0.25, -0.2) is 0 Å². The zero-order valence-electron chi connectivity index (χ0n) is 10.4. The van der Waals surface area contributed by atoms with E-state index in [1.54, 1.807) is 4.90 Å². The molecule has 2 rings (SSSR count). The fraction of sp³-hybridized carbons (Fsp3) is 0.267. The Morgan fingerprint density at radius 1 is 1.17 bits per heavy atom. The minimum absolute atomic E-state index is 0.0849. The highest BCUT2D eigenvalue weighted by atomic mass is 79.9. The summed E-state index contributed by atoms with van der Waals surface area (Å²) >= 11 is 3.38. The van der Waals surface area contributed by atoms with Gasteiger partial charge in [0.25, 0.3) is 5.91 Å². The molecule has 0 saturated heterocycles. The van der Waals surface area contributed by atoms with Gasteiger partial charge in [0.05, 0.1) is 0 Å². The van der Waals surface area contributed by atoms with Crippen LogP contribution in [0.5, 0.6) is 0 Å². The van der Waals surface area contributed by atoms with Crippen LogP contribution in [0.25, 0.3) is 10.8 Å². The maximum atomic E-state index is 12.2. The van der Waals surface area contributed by atoms with Crippen molar-refractivity contribution in [2.24, 2.45) is 0 Å². The molecule has 0 aliphatic heterocycles. The summed E-state index contributed by atoms with van der Waals surface area (Å²) in [6, 6.07) is 13.9. The highest BCUT2D eigenvalue weighted by molar-refractivity contribution is 9.09. The molecule has 0 radical (unpaired) electrons. The van der Waals surface area contributed by atoms with Gasteiger partial charge >= 0.3 is 0 Å². The van der Waals surface area contributed by atoms with Gasteiger partial charge in [0, 0.05) is 24.5 Å². The lowest BCUT2D eigenvalue weighted by Gasteiger charge is -2.16. The summed E-state index contributed by atoms with van der Waals surface area (Å²) in [7, 11) is 1.85. The van der Waals surface area contributed by atoms with Gasteiger partial charge in [0.2, 0.25) is 0 Å². The molecule has 0 bridgehead atoms. The van der Waals surface area contributed by atoms with Crippen LogP contribution in [0.3, 0.4) is 0 Å². The standard InChI is InChI=1S/C15H16BrNO/c1-17(10-4-9-16)15(18)14-8-7-12-5-2-3-6-13(12)11-14/h2-3,5-8,11H,4,9-10H2,1H3. The van der Waals surface area contributed by atoms with Crippen molar-refractivity contribution in [2.75, 3.05) is 18.9 Å². The molecule has 0 aliphatic carbocycles. The molecule has 0 unspecified atom stereocenters. The van der Waals surface area contributed by atoms with E-state index in [0.717, 1.165) is 34.6 Å². The first-order chi connectivity index (χ1) is 8.72. The molecular weight excluding hydrogens is 290 g/mol. The molecule has 0 saturated carbocycles. The summed E-state index contributed by atoms with van der Waals surface area (Å²) in [4.78, 5) is 14.0. The molecule has 2 aromatic rings. The molecule has 2 aromatic carbocycles. The van der Waals surface area contributed by atoms with E-state index >= 15 is 0 Å². The number of hydrogen-bond acceptors (Lipinski definition) is 1. The number of fused-ring (bicyclic) bond motifs is 1. The molecule has 2 nitrogen and oxygen atoms in total. The Morgan fingerprint density at radius 2 is 1.89 bits per heavy atom. The van der Waals surface area contributed by atoms with Crippen molar-refractivity contribution < 1.29 is 4.79 Å². The van der Waals surface area contributed by atoms with E-state index in [9.17, 15) is 4.79 Å². The van der Waals surface area contributed by atoms with Gasteiger partial charge in [0.1, 0.15) is 0 Å². The number of halogens is 1. The SMILES string of the molecule is CN(CCCBr)C(=O)c1ccc2ccccc2c1. The Kier molecular flexibility index (Phi) is 4.37. The third-order valence-electron chi connectivity index (χ3n) is 2.97. The normalized spacial score (nSPS) is 10.6. The number of alkyl halides is 1. The Bertz CT molecular complexity index is 553. The second-order valence-electron chi connectivity index (χ2n) is 4.33. The highest BCUT2D eigenvalue weighted by Crippen LogP contribution is 2.16. The molecular formula is C15H16BrNO. The number of carbonyl (C=O) groups excluding carboxylic acids is 1. The van der Waals surface area contributed by atoms with Gasteiger partial charge in [0.15, 0.2) is 0 Å². The second kappa shape index (κ2) is 6.01. The first-order valence-corrected chi connectivity index (χ1v) is 7.15. The van der Waals surface area contributed by atoms with Gasteiger partial charge in [-0.05, 0) is 29.3 Å². The first-order valence-electron chi connectivity index (χ1n) is 6.02. The average molecular weight is 306 g/mol. The van der Waals surface area contributed by atoms with Gasteiger partial charge in [-0.2, -0.15) is 0 Å². The van der Waals surface area contributed by atoms with Gasteiger partial charge in [-0.15, -0.1) is 0 Å². The maximum absolute atomic E-state index is 12.2. The monoisotopic (exact) mass is 305 g/mol. The molecule has 0 aliphatic rings. The molecule has 0 atom stereocenters. The molecule has 3 heteroatoms. The van der Waals surface area contributed by atoms with Crippen LogP contribution in [-0.2, 0) is 0 Å². The van der Waals surface area contributed by atoms with Gasteiger partial charge in [-0.3, -0.25) is 4.79 Å². The summed E-state index contributed by atoms with van der Waals surface area (Å²) in [5, 5.41) is 3.19. The fourth-order valence-electron chi connectivity index (χ4n) is 1.94. The van der Waals surface area contributed by atoms with E-state index < -0.39 is 0 Å². The third kappa shape index (κ3) is 2.91. The predicted molar refractivity (Wildman–Crippen MR) is 79.3 cm³/mol. The van der Waals surface area contributed by atoms with E-state index in [4.69, 9.17) is 0 Å². The van der Waals surface area contributed by atoms with Crippen molar-refractivity contribution in [1.82, 2.24) is 4.90 Å². The van der Waals surface area contributed by atoms with Crippen LogP contribution in [0.4, 0.5) is 0 Å². The van der Waals surface area contributed by atoms with E-state index in [0.29, 0.717) is 0 Å². The average Bonchev–Trinajstić information content (AvgIpc) is 2.43. The Hall–Kier alpha value is -1.35. The number of hydrogen-bond donors (Lipinski definition) is 0. The number of rotatable bonds is 4. The second-order valence-corrected chi connectivity index (χ2v) is 5.12. The smallest absolute Gasteiger partial charge is 0.253 e. The van der Waals surface area contributed by atoms with Gasteiger partial charge < -0.3 is 4.90 Å². The minimum atomic E-state index is 0.0849. The number of carbonyl (C=O) groups is 1. The van der Waals surface area contributed by atoms with Crippen LogP contribution in [0, 0.1) is 0 Å². The summed E-state index contributed by atoms with van der Waals surface area (Å²) in [6.07, 6.45) is 0.968. The Labute approximate surface area is 116 Å². The van der Waals surface area contributed by atoms with Crippen LogP contribution in [-0.4, -0.2) is 29.7 Å². The zero-order chi connectivity index (χ0) is 13.0. The van der Waals surface area contributed by atoms with Crippen molar-refractivity contribution in [2.45, 2.75) is 6.42 Å². The minimum Gasteiger partial charge on any atom is -0.342 e. The Morgan fingerprint density at radius 3 is 2.61 bits per heavy atom. The number of benzene rings is 2. The molecule has 0 aromatic heterocycles. The molecule has 1 amide bonds. The molecule has 0 N–H and O–H groups in total. The number of nitrogens with zero attached hydrogens (tertiary/aromatic N) is 1. The molecule has 0 fully saturated rings. The largest absolute Gasteiger partial charge is 0.342 e. The van der Waals surface area contributed by atoms with Crippen molar-refractivity contribution in [3.05, 3.63) is 48.0 Å².